The molecule has 0 saturated heterocycles. The summed E-state index contributed by atoms with van der Waals surface area (Å²) in [6.45, 7) is 0. The van der Waals surface area contributed by atoms with Gasteiger partial charge in [-0.2, -0.15) is 0 Å². The third-order valence-corrected chi connectivity index (χ3v) is 2.80. The van der Waals surface area contributed by atoms with Gasteiger partial charge in [0.25, 0.3) is 5.91 Å². The van der Waals surface area contributed by atoms with Crippen LogP contribution in [0.3, 0.4) is 0 Å². The Morgan fingerprint density at radius 2 is 2.14 bits per heavy atom. The van der Waals surface area contributed by atoms with E-state index in [4.69, 9.17) is 22.5 Å². The molecule has 1 amide bonds. The topological polar surface area (TPSA) is 101 Å². The Morgan fingerprint density at radius 1 is 1.38 bits per heavy atom. The van der Waals surface area contributed by atoms with Crippen LogP contribution in [0.4, 0.5) is 10.1 Å². The standard InChI is InChI=1S/C13H10ClFN4O2/c14-8-2-4-11(17-6-8)13(20)18-10-3-1-7(5-9(10)15)12(16)19-21/h1-6,21H,(H2,16,19)(H,18,20). The maximum absolute atomic E-state index is 13.8. The first kappa shape index (κ1) is 14.7. The summed E-state index contributed by atoms with van der Waals surface area (Å²) in [5.41, 5.74) is 5.58. The number of carbonyl (C=O) groups is 1. The number of halogens is 2. The summed E-state index contributed by atoms with van der Waals surface area (Å²) >= 11 is 5.66. The fraction of sp³-hybridized carbons (Fsp3) is 0. The molecular weight excluding hydrogens is 299 g/mol. The Bertz CT molecular complexity index is 704. The minimum atomic E-state index is -0.721. The van der Waals surface area contributed by atoms with Crippen molar-refractivity contribution in [3.05, 3.63) is 58.6 Å². The Kier molecular flexibility index (Phi) is 4.34. The van der Waals surface area contributed by atoms with Gasteiger partial charge in [-0.25, -0.2) is 9.37 Å². The van der Waals surface area contributed by atoms with Gasteiger partial charge in [-0.05, 0) is 30.3 Å². The van der Waals surface area contributed by atoms with E-state index in [1.807, 2.05) is 0 Å². The molecule has 0 spiro atoms. The van der Waals surface area contributed by atoms with Crippen molar-refractivity contribution in [3.8, 4) is 0 Å². The number of oxime groups is 1. The van der Waals surface area contributed by atoms with Crippen LogP contribution >= 0.6 is 11.6 Å². The van der Waals surface area contributed by atoms with E-state index in [2.05, 4.69) is 15.5 Å². The summed E-state index contributed by atoms with van der Waals surface area (Å²) < 4.78 is 13.8. The zero-order valence-electron chi connectivity index (χ0n) is 10.5. The molecule has 0 aliphatic carbocycles. The number of anilines is 1. The zero-order valence-corrected chi connectivity index (χ0v) is 11.3. The number of hydrogen-bond acceptors (Lipinski definition) is 4. The highest BCUT2D eigenvalue weighted by molar-refractivity contribution is 6.30. The van der Waals surface area contributed by atoms with Crippen molar-refractivity contribution >= 4 is 29.0 Å². The van der Waals surface area contributed by atoms with E-state index >= 15 is 0 Å². The Balaban J connectivity index is 2.20. The van der Waals surface area contributed by atoms with Gasteiger partial charge in [-0.1, -0.05) is 16.8 Å². The van der Waals surface area contributed by atoms with Crippen LogP contribution in [0.1, 0.15) is 16.1 Å². The van der Waals surface area contributed by atoms with Crippen LogP contribution in [0, 0.1) is 5.82 Å². The fourth-order valence-electron chi connectivity index (χ4n) is 1.53. The Hall–Kier alpha value is -2.67. The second kappa shape index (κ2) is 6.19. The van der Waals surface area contributed by atoms with E-state index in [1.54, 1.807) is 0 Å². The molecule has 2 aromatic rings. The van der Waals surface area contributed by atoms with Crippen LogP contribution in [0.25, 0.3) is 0 Å². The van der Waals surface area contributed by atoms with E-state index in [1.165, 1.54) is 30.5 Å². The zero-order chi connectivity index (χ0) is 15.4. The molecule has 21 heavy (non-hydrogen) atoms. The molecule has 0 bridgehead atoms. The first-order chi connectivity index (χ1) is 10.0. The third-order valence-electron chi connectivity index (χ3n) is 2.58. The average molecular weight is 309 g/mol. The van der Waals surface area contributed by atoms with Gasteiger partial charge in [0.2, 0.25) is 0 Å². The molecule has 0 unspecified atom stereocenters. The van der Waals surface area contributed by atoms with Gasteiger partial charge < -0.3 is 16.3 Å². The SMILES string of the molecule is N/C(=N/O)c1ccc(NC(=O)c2ccc(Cl)cn2)c(F)c1. The summed E-state index contributed by atoms with van der Waals surface area (Å²) in [6.07, 6.45) is 1.31. The van der Waals surface area contributed by atoms with Crippen LogP contribution in [0.15, 0.2) is 41.7 Å². The van der Waals surface area contributed by atoms with Crippen molar-refractivity contribution in [1.82, 2.24) is 4.98 Å². The highest BCUT2D eigenvalue weighted by Crippen LogP contribution is 2.17. The van der Waals surface area contributed by atoms with Crippen molar-refractivity contribution in [2.45, 2.75) is 0 Å². The lowest BCUT2D eigenvalue weighted by atomic mass is 10.2. The van der Waals surface area contributed by atoms with Crippen LogP contribution in [0.2, 0.25) is 5.02 Å². The van der Waals surface area contributed by atoms with E-state index in [0.717, 1.165) is 6.07 Å². The minimum absolute atomic E-state index is 0.0498. The van der Waals surface area contributed by atoms with Crippen LogP contribution in [0.5, 0.6) is 0 Å². The molecule has 0 fully saturated rings. The van der Waals surface area contributed by atoms with Crippen LogP contribution in [-0.2, 0) is 0 Å². The molecule has 0 aliphatic heterocycles. The van der Waals surface area contributed by atoms with Gasteiger partial charge in [-0.15, -0.1) is 0 Å². The number of hydrogen-bond donors (Lipinski definition) is 3. The first-order valence-corrected chi connectivity index (χ1v) is 6.09. The molecule has 1 aromatic carbocycles. The number of amides is 1. The number of nitrogens with zero attached hydrogens (tertiary/aromatic N) is 2. The second-order valence-corrected chi connectivity index (χ2v) is 4.43. The molecule has 8 heteroatoms. The molecule has 0 radical (unpaired) electrons. The van der Waals surface area contributed by atoms with Crippen LogP contribution < -0.4 is 11.1 Å². The second-order valence-electron chi connectivity index (χ2n) is 4.00. The number of nitrogens with one attached hydrogen (secondary N) is 1. The number of pyridine rings is 1. The summed E-state index contributed by atoms with van der Waals surface area (Å²) in [4.78, 5) is 15.7. The molecule has 1 heterocycles. The molecule has 6 nitrogen and oxygen atoms in total. The number of nitrogens with two attached hydrogens (primary N) is 1. The average Bonchev–Trinajstić information content (AvgIpc) is 2.49. The summed E-state index contributed by atoms with van der Waals surface area (Å²) in [7, 11) is 0. The quantitative estimate of drug-likeness (QED) is 0.350. The number of carbonyl (C=O) groups excluding carboxylic acids is 1. The van der Waals surface area contributed by atoms with E-state index in [9.17, 15) is 9.18 Å². The van der Waals surface area contributed by atoms with Crippen molar-refractivity contribution in [2.24, 2.45) is 10.9 Å². The monoisotopic (exact) mass is 308 g/mol. The van der Waals surface area contributed by atoms with Gasteiger partial charge in [0.15, 0.2) is 5.84 Å². The van der Waals surface area contributed by atoms with Crippen molar-refractivity contribution < 1.29 is 14.4 Å². The number of benzene rings is 1. The Morgan fingerprint density at radius 3 is 2.71 bits per heavy atom. The van der Waals surface area contributed by atoms with Crippen molar-refractivity contribution in [1.29, 1.82) is 0 Å². The smallest absolute Gasteiger partial charge is 0.274 e. The predicted molar refractivity (Wildman–Crippen MR) is 76.1 cm³/mol. The minimum Gasteiger partial charge on any atom is -0.409 e. The molecule has 0 saturated carbocycles. The number of amidine groups is 1. The molecule has 0 aliphatic rings. The number of aromatic nitrogens is 1. The molecule has 0 atom stereocenters. The van der Waals surface area contributed by atoms with Gasteiger partial charge in [-0.3, -0.25) is 4.79 Å². The lowest BCUT2D eigenvalue weighted by Crippen LogP contribution is -2.16. The van der Waals surface area contributed by atoms with Crippen molar-refractivity contribution in [2.75, 3.05) is 5.32 Å². The largest absolute Gasteiger partial charge is 0.409 e. The van der Waals surface area contributed by atoms with E-state index < -0.39 is 11.7 Å². The summed E-state index contributed by atoms with van der Waals surface area (Å²) in [5, 5.41) is 14.0. The molecule has 108 valence electrons. The number of rotatable bonds is 3. The highest BCUT2D eigenvalue weighted by atomic mass is 35.5. The van der Waals surface area contributed by atoms with E-state index in [0.29, 0.717) is 5.02 Å². The van der Waals surface area contributed by atoms with Gasteiger partial charge in [0, 0.05) is 11.8 Å². The molecule has 2 rings (SSSR count). The first-order valence-electron chi connectivity index (χ1n) is 5.71. The van der Waals surface area contributed by atoms with Gasteiger partial charge in [0.1, 0.15) is 11.5 Å². The predicted octanol–water partition coefficient (Wildman–Crippen LogP) is 2.22. The lowest BCUT2D eigenvalue weighted by Gasteiger charge is -2.07. The van der Waals surface area contributed by atoms with Crippen LogP contribution in [-0.4, -0.2) is 21.9 Å². The van der Waals surface area contributed by atoms with Gasteiger partial charge >= 0.3 is 0 Å². The lowest BCUT2D eigenvalue weighted by molar-refractivity contribution is 0.102. The molecule has 1 aromatic heterocycles. The van der Waals surface area contributed by atoms with E-state index in [-0.39, 0.29) is 22.8 Å². The maximum atomic E-state index is 13.8. The van der Waals surface area contributed by atoms with Crippen molar-refractivity contribution in [3.63, 3.8) is 0 Å². The highest BCUT2D eigenvalue weighted by Gasteiger charge is 2.12. The molecule has 4 N–H and O–H groups in total. The molecular formula is C13H10ClFN4O2. The van der Waals surface area contributed by atoms with Gasteiger partial charge in [0.05, 0.1) is 10.7 Å². The fourth-order valence-corrected chi connectivity index (χ4v) is 1.64. The summed E-state index contributed by atoms with van der Waals surface area (Å²) in [6, 6.07) is 6.67. The Labute approximate surface area is 124 Å². The maximum Gasteiger partial charge on any atom is 0.274 e. The summed E-state index contributed by atoms with van der Waals surface area (Å²) in [5.74, 6) is -1.53. The normalized spacial score (nSPS) is 11.2. The third kappa shape index (κ3) is 3.46.